The highest BCUT2D eigenvalue weighted by molar-refractivity contribution is 5.86. The van der Waals surface area contributed by atoms with E-state index in [-0.39, 0.29) is 18.9 Å². The molecule has 1 aromatic rings. The average Bonchev–Trinajstić information content (AvgIpc) is 2.54. The fourth-order valence-electron chi connectivity index (χ4n) is 1.09. The van der Waals surface area contributed by atoms with Crippen LogP contribution in [0.2, 0.25) is 0 Å². The maximum atomic E-state index is 10.6. The van der Waals surface area contributed by atoms with Crippen molar-refractivity contribution in [2.24, 2.45) is 5.73 Å². The summed E-state index contributed by atoms with van der Waals surface area (Å²) in [5.74, 6) is -1.43. The van der Waals surface area contributed by atoms with Crippen LogP contribution >= 0.6 is 0 Å². The van der Waals surface area contributed by atoms with Gasteiger partial charge in [-0.2, -0.15) is 5.48 Å². The van der Waals surface area contributed by atoms with E-state index in [1.165, 1.54) is 0 Å². The summed E-state index contributed by atoms with van der Waals surface area (Å²) in [5.41, 5.74) is 7.79. The third kappa shape index (κ3) is 3.37. The Hall–Kier alpha value is -1.86. The van der Waals surface area contributed by atoms with E-state index in [1.54, 1.807) is 13.0 Å². The first-order valence-electron chi connectivity index (χ1n) is 4.46. The monoisotopic (exact) mass is 228 g/mol. The van der Waals surface area contributed by atoms with E-state index in [2.05, 4.69) is 10.3 Å². The summed E-state index contributed by atoms with van der Waals surface area (Å²) in [6, 6.07) is 1.57. The molecule has 4 N–H and O–H groups in total. The highest BCUT2D eigenvalue weighted by Crippen LogP contribution is 2.14. The number of amides is 1. The molecule has 0 saturated heterocycles. The lowest BCUT2D eigenvalue weighted by atomic mass is 10.2. The molecule has 0 aliphatic carbocycles. The molecule has 0 bridgehead atoms. The van der Waals surface area contributed by atoms with Crippen molar-refractivity contribution in [2.45, 2.75) is 13.5 Å². The van der Waals surface area contributed by atoms with Crippen molar-refractivity contribution in [3.05, 3.63) is 23.2 Å². The second-order valence-electron chi connectivity index (χ2n) is 3.11. The van der Waals surface area contributed by atoms with Crippen LogP contribution in [0.5, 0.6) is 0 Å². The van der Waals surface area contributed by atoms with Crippen LogP contribution in [-0.2, 0) is 16.2 Å². The number of rotatable bonds is 6. The molecule has 1 rings (SSSR count). The highest BCUT2D eigenvalue weighted by atomic mass is 16.6. The topological polar surface area (TPSA) is 115 Å². The highest BCUT2D eigenvalue weighted by Gasteiger charge is 2.13. The van der Waals surface area contributed by atoms with Crippen molar-refractivity contribution >= 4 is 11.9 Å². The number of hydrogen-bond donors (Lipinski definition) is 3. The van der Waals surface area contributed by atoms with E-state index in [0.717, 1.165) is 0 Å². The lowest BCUT2D eigenvalue weighted by Gasteiger charge is -2.00. The largest absolute Gasteiger partial charge is 0.475 e. The Morgan fingerprint density at radius 3 is 2.81 bits per heavy atom. The molecule has 0 spiro atoms. The first-order chi connectivity index (χ1) is 7.50. The van der Waals surface area contributed by atoms with Crippen LogP contribution in [0.1, 0.15) is 21.9 Å². The Bertz CT molecular complexity index is 399. The molecule has 1 aromatic heterocycles. The maximum absolute atomic E-state index is 10.6. The van der Waals surface area contributed by atoms with Gasteiger partial charge in [-0.25, -0.2) is 4.79 Å². The summed E-state index contributed by atoms with van der Waals surface area (Å²) in [6.07, 6.45) is 0. The zero-order chi connectivity index (χ0) is 12.1. The number of hydroxylamine groups is 1. The van der Waals surface area contributed by atoms with Gasteiger partial charge < -0.3 is 15.3 Å². The van der Waals surface area contributed by atoms with Gasteiger partial charge in [0.15, 0.2) is 0 Å². The molecule has 7 heteroatoms. The van der Waals surface area contributed by atoms with Crippen LogP contribution in [0.4, 0.5) is 0 Å². The molecular weight excluding hydrogens is 216 g/mol. The zero-order valence-electron chi connectivity index (χ0n) is 8.65. The Morgan fingerprint density at radius 2 is 2.31 bits per heavy atom. The van der Waals surface area contributed by atoms with E-state index in [9.17, 15) is 9.59 Å². The predicted molar refractivity (Wildman–Crippen MR) is 52.4 cm³/mol. The Labute approximate surface area is 91.1 Å². The summed E-state index contributed by atoms with van der Waals surface area (Å²) in [7, 11) is 0. The predicted octanol–water partition coefficient (Wildman–Crippen LogP) is -0.207. The number of carboxylic acids is 1. The number of aromatic carboxylic acids is 1. The van der Waals surface area contributed by atoms with E-state index < -0.39 is 11.9 Å². The molecule has 0 fully saturated rings. The molecule has 7 nitrogen and oxygen atoms in total. The van der Waals surface area contributed by atoms with Gasteiger partial charge in [0.1, 0.15) is 12.4 Å². The summed E-state index contributed by atoms with van der Waals surface area (Å²) >= 11 is 0. The molecule has 1 heterocycles. The van der Waals surface area contributed by atoms with Gasteiger partial charge in [0.2, 0.25) is 11.7 Å². The maximum Gasteiger partial charge on any atom is 0.372 e. The third-order valence-electron chi connectivity index (χ3n) is 1.73. The summed E-state index contributed by atoms with van der Waals surface area (Å²) in [4.78, 5) is 25.6. The summed E-state index contributed by atoms with van der Waals surface area (Å²) < 4.78 is 5.02. The van der Waals surface area contributed by atoms with Crippen molar-refractivity contribution in [2.75, 3.05) is 6.61 Å². The van der Waals surface area contributed by atoms with Crippen LogP contribution in [0.25, 0.3) is 0 Å². The van der Waals surface area contributed by atoms with Crippen molar-refractivity contribution in [1.82, 2.24) is 5.48 Å². The van der Waals surface area contributed by atoms with Gasteiger partial charge >= 0.3 is 5.97 Å². The van der Waals surface area contributed by atoms with Gasteiger partial charge in [-0.1, -0.05) is 0 Å². The molecule has 88 valence electrons. The minimum Gasteiger partial charge on any atom is -0.475 e. The molecular formula is C9H12N2O5. The number of nitrogens with one attached hydrogen (secondary N) is 1. The van der Waals surface area contributed by atoms with Crippen LogP contribution < -0.4 is 11.2 Å². The lowest BCUT2D eigenvalue weighted by Crippen LogP contribution is -2.24. The quantitative estimate of drug-likeness (QED) is 0.458. The number of primary amides is 1. The van der Waals surface area contributed by atoms with Gasteiger partial charge in [-0.3, -0.25) is 9.63 Å². The van der Waals surface area contributed by atoms with Crippen LogP contribution in [0.15, 0.2) is 10.5 Å². The van der Waals surface area contributed by atoms with Gasteiger partial charge in [0.05, 0.1) is 6.54 Å². The van der Waals surface area contributed by atoms with Crippen molar-refractivity contribution in [3.8, 4) is 0 Å². The number of hydrogen-bond acceptors (Lipinski definition) is 5. The molecule has 0 radical (unpaired) electrons. The van der Waals surface area contributed by atoms with Crippen LogP contribution in [0.3, 0.4) is 0 Å². The average molecular weight is 228 g/mol. The second-order valence-corrected chi connectivity index (χ2v) is 3.11. The minimum atomic E-state index is -1.12. The summed E-state index contributed by atoms with van der Waals surface area (Å²) in [6.45, 7) is 1.52. The smallest absolute Gasteiger partial charge is 0.372 e. The molecule has 0 aromatic carbocycles. The zero-order valence-corrected chi connectivity index (χ0v) is 8.65. The van der Waals surface area contributed by atoms with Crippen molar-refractivity contribution in [3.63, 3.8) is 0 Å². The standard InChI is InChI=1S/C9H12N2O5/c1-5-2-6(16-8(5)9(13)14)3-11-15-4-7(10)12/h2,11H,3-4H2,1H3,(H2,10,12)(H,13,14). The van der Waals surface area contributed by atoms with Gasteiger partial charge in [0.25, 0.3) is 0 Å². The molecule has 0 unspecified atom stereocenters. The van der Waals surface area contributed by atoms with E-state index in [0.29, 0.717) is 11.3 Å². The van der Waals surface area contributed by atoms with Crippen LogP contribution in [0, 0.1) is 6.92 Å². The fraction of sp³-hybridized carbons (Fsp3) is 0.333. The van der Waals surface area contributed by atoms with E-state index in [1.807, 2.05) is 0 Å². The van der Waals surface area contributed by atoms with Crippen molar-refractivity contribution < 1.29 is 24.0 Å². The number of aryl methyl sites for hydroxylation is 1. The number of carboxylic acid groups (broad SMARTS) is 1. The van der Waals surface area contributed by atoms with Gasteiger partial charge in [0, 0.05) is 5.56 Å². The van der Waals surface area contributed by atoms with Crippen molar-refractivity contribution in [1.29, 1.82) is 0 Å². The van der Waals surface area contributed by atoms with E-state index in [4.69, 9.17) is 15.3 Å². The first kappa shape index (κ1) is 12.2. The summed E-state index contributed by atoms with van der Waals surface area (Å²) in [5, 5.41) is 8.72. The number of carbonyl (C=O) groups is 2. The molecule has 1 amide bonds. The normalized spacial score (nSPS) is 10.3. The SMILES string of the molecule is Cc1cc(CNOCC(N)=O)oc1C(=O)O. The lowest BCUT2D eigenvalue weighted by molar-refractivity contribution is -0.125. The van der Waals surface area contributed by atoms with E-state index >= 15 is 0 Å². The number of furan rings is 1. The molecule has 0 aliphatic heterocycles. The Kier molecular flexibility index (Phi) is 4.03. The van der Waals surface area contributed by atoms with Gasteiger partial charge in [-0.05, 0) is 13.0 Å². The number of carbonyl (C=O) groups excluding carboxylic acids is 1. The van der Waals surface area contributed by atoms with Gasteiger partial charge in [-0.15, -0.1) is 0 Å². The second kappa shape index (κ2) is 5.29. The molecule has 0 saturated carbocycles. The number of nitrogens with two attached hydrogens (primary N) is 1. The Morgan fingerprint density at radius 1 is 1.62 bits per heavy atom. The fourth-order valence-corrected chi connectivity index (χ4v) is 1.09. The molecule has 0 aliphatic rings. The van der Waals surface area contributed by atoms with Crippen LogP contribution in [-0.4, -0.2) is 23.6 Å². The minimum absolute atomic E-state index is 0.105. The third-order valence-corrected chi connectivity index (χ3v) is 1.73. The molecule has 16 heavy (non-hydrogen) atoms. The first-order valence-corrected chi connectivity index (χ1v) is 4.46. The Balaban J connectivity index is 2.46. The molecule has 0 atom stereocenters.